The first-order valence-electron chi connectivity index (χ1n) is 13.5. The summed E-state index contributed by atoms with van der Waals surface area (Å²) in [6, 6.07) is 14.5. The van der Waals surface area contributed by atoms with Crippen LogP contribution in [0.5, 0.6) is 0 Å². The number of H-pyrrole nitrogens is 1. The molecule has 0 spiro atoms. The molecule has 1 saturated heterocycles. The maximum atomic E-state index is 13.7. The molecule has 2 aromatic heterocycles. The van der Waals surface area contributed by atoms with E-state index in [2.05, 4.69) is 35.7 Å². The van der Waals surface area contributed by atoms with E-state index in [4.69, 9.17) is 4.98 Å². The minimum absolute atomic E-state index is 0.226. The molecule has 6 rings (SSSR count). The smallest absolute Gasteiger partial charge is 0.257 e. The number of halogens is 1. The standard InChI is InChI=1S/C28H31FN8OS/c29-22-12-10-20(11-13-22)25-27(37-16-14-36(15-17-37)23-4-2-1-3-5-23)39-28(30-25)31-26(38)21-8-6-19(7-9-21)18-24-32-34-35-33-24/h6-13,23H,1-5,14-18H2,(H,30,31,38)(H,32,33,34,35). The third-order valence-corrected chi connectivity index (χ3v) is 8.65. The summed E-state index contributed by atoms with van der Waals surface area (Å²) in [5.41, 5.74) is 3.14. The molecule has 202 valence electrons. The van der Waals surface area contributed by atoms with Gasteiger partial charge in [-0.1, -0.05) is 42.7 Å². The van der Waals surface area contributed by atoms with Crippen LogP contribution in [0.2, 0.25) is 0 Å². The SMILES string of the molecule is O=C(Nc1nc(-c2ccc(F)cc2)c(N2CCN(C3CCCCC3)CC2)s1)c1ccc(Cc2nnn[nH]2)cc1. The van der Waals surface area contributed by atoms with Gasteiger partial charge < -0.3 is 4.90 Å². The minimum atomic E-state index is -0.284. The number of hydrogen-bond acceptors (Lipinski definition) is 8. The molecule has 0 bridgehead atoms. The van der Waals surface area contributed by atoms with Gasteiger partial charge >= 0.3 is 0 Å². The van der Waals surface area contributed by atoms with Gasteiger partial charge in [-0.3, -0.25) is 15.0 Å². The number of aromatic amines is 1. The van der Waals surface area contributed by atoms with Crippen molar-refractivity contribution >= 4 is 27.4 Å². The number of amides is 1. The lowest BCUT2D eigenvalue weighted by atomic mass is 9.94. The van der Waals surface area contributed by atoms with E-state index < -0.39 is 0 Å². The summed E-state index contributed by atoms with van der Waals surface area (Å²) in [6.07, 6.45) is 7.18. The Labute approximate surface area is 230 Å². The van der Waals surface area contributed by atoms with Crippen molar-refractivity contribution in [2.45, 2.75) is 44.6 Å². The zero-order valence-corrected chi connectivity index (χ0v) is 22.5. The van der Waals surface area contributed by atoms with Crippen molar-refractivity contribution in [1.82, 2.24) is 30.5 Å². The number of tetrazole rings is 1. The average Bonchev–Trinajstić information content (AvgIpc) is 3.65. The summed E-state index contributed by atoms with van der Waals surface area (Å²) < 4.78 is 13.7. The van der Waals surface area contributed by atoms with Crippen LogP contribution in [0, 0.1) is 5.82 Å². The van der Waals surface area contributed by atoms with Gasteiger partial charge in [-0.2, -0.15) is 0 Å². The van der Waals surface area contributed by atoms with Crippen LogP contribution >= 0.6 is 11.3 Å². The number of thiazole rings is 1. The molecule has 1 aliphatic carbocycles. The molecule has 2 aromatic carbocycles. The fraction of sp³-hybridized carbons (Fsp3) is 0.393. The van der Waals surface area contributed by atoms with Gasteiger partial charge in [-0.15, -0.1) is 5.10 Å². The summed E-state index contributed by atoms with van der Waals surface area (Å²) in [5.74, 6) is 0.152. The molecule has 2 aliphatic rings. The van der Waals surface area contributed by atoms with E-state index in [1.54, 1.807) is 24.3 Å². The van der Waals surface area contributed by atoms with Gasteiger partial charge in [0.15, 0.2) is 11.0 Å². The van der Waals surface area contributed by atoms with Gasteiger partial charge in [0.05, 0.1) is 0 Å². The van der Waals surface area contributed by atoms with Crippen molar-refractivity contribution < 1.29 is 9.18 Å². The Bertz CT molecular complexity index is 1380. The number of anilines is 2. The first-order valence-corrected chi connectivity index (χ1v) is 14.3. The first-order chi connectivity index (χ1) is 19.1. The molecule has 39 heavy (non-hydrogen) atoms. The highest BCUT2D eigenvalue weighted by Crippen LogP contribution is 2.39. The molecule has 0 radical (unpaired) electrons. The Morgan fingerprint density at radius 3 is 2.44 bits per heavy atom. The third-order valence-electron chi connectivity index (χ3n) is 7.62. The lowest BCUT2D eigenvalue weighted by molar-refractivity contribution is 0.102. The van der Waals surface area contributed by atoms with Crippen LogP contribution in [0.25, 0.3) is 11.3 Å². The molecule has 2 N–H and O–H groups in total. The van der Waals surface area contributed by atoms with Crippen LogP contribution in [0.4, 0.5) is 14.5 Å². The molecule has 11 heteroatoms. The second kappa shape index (κ2) is 11.6. The third kappa shape index (κ3) is 5.99. The molecular formula is C28H31FN8OS. The van der Waals surface area contributed by atoms with E-state index in [-0.39, 0.29) is 11.7 Å². The molecule has 1 amide bonds. The largest absolute Gasteiger partial charge is 0.359 e. The van der Waals surface area contributed by atoms with Crippen LogP contribution in [-0.2, 0) is 6.42 Å². The number of rotatable bonds is 7. The van der Waals surface area contributed by atoms with Gasteiger partial charge in [0, 0.05) is 49.8 Å². The molecule has 3 heterocycles. The molecular weight excluding hydrogens is 515 g/mol. The van der Waals surface area contributed by atoms with E-state index in [0.29, 0.717) is 29.0 Å². The van der Waals surface area contributed by atoms with Crippen LogP contribution in [0.1, 0.15) is 53.8 Å². The number of nitrogens with one attached hydrogen (secondary N) is 2. The maximum absolute atomic E-state index is 13.7. The highest BCUT2D eigenvalue weighted by molar-refractivity contribution is 7.20. The van der Waals surface area contributed by atoms with E-state index in [0.717, 1.165) is 48.0 Å². The second-order valence-corrected chi connectivity index (χ2v) is 11.1. The summed E-state index contributed by atoms with van der Waals surface area (Å²) in [4.78, 5) is 22.9. The lowest BCUT2D eigenvalue weighted by Gasteiger charge is -2.41. The molecule has 4 aromatic rings. The normalized spacial score (nSPS) is 16.9. The average molecular weight is 547 g/mol. The number of hydrogen-bond donors (Lipinski definition) is 2. The Morgan fingerprint density at radius 1 is 1.00 bits per heavy atom. The number of piperazine rings is 1. The Hall–Kier alpha value is -3.70. The fourth-order valence-electron chi connectivity index (χ4n) is 5.50. The summed E-state index contributed by atoms with van der Waals surface area (Å²) in [7, 11) is 0. The van der Waals surface area contributed by atoms with Crippen molar-refractivity contribution in [3.05, 3.63) is 71.3 Å². The van der Waals surface area contributed by atoms with Crippen LogP contribution < -0.4 is 10.2 Å². The predicted octanol–water partition coefficient (Wildman–Crippen LogP) is 4.76. The molecule has 0 atom stereocenters. The van der Waals surface area contributed by atoms with Crippen LogP contribution in [-0.4, -0.2) is 68.6 Å². The Morgan fingerprint density at radius 2 is 1.74 bits per heavy atom. The van der Waals surface area contributed by atoms with Gasteiger partial charge in [0.2, 0.25) is 0 Å². The summed E-state index contributed by atoms with van der Waals surface area (Å²) in [5, 5.41) is 18.3. The zero-order valence-electron chi connectivity index (χ0n) is 21.6. The number of nitrogens with zero attached hydrogens (tertiary/aromatic N) is 6. The van der Waals surface area contributed by atoms with E-state index in [1.807, 2.05) is 12.1 Å². The Kier molecular flexibility index (Phi) is 7.60. The number of carbonyl (C=O) groups is 1. The monoisotopic (exact) mass is 546 g/mol. The highest BCUT2D eigenvalue weighted by atomic mass is 32.1. The molecule has 0 unspecified atom stereocenters. The van der Waals surface area contributed by atoms with Gasteiger partial charge in [0.25, 0.3) is 5.91 Å². The predicted molar refractivity (Wildman–Crippen MR) is 150 cm³/mol. The van der Waals surface area contributed by atoms with Crippen molar-refractivity contribution in [1.29, 1.82) is 0 Å². The highest BCUT2D eigenvalue weighted by Gasteiger charge is 2.28. The van der Waals surface area contributed by atoms with E-state index >= 15 is 0 Å². The minimum Gasteiger partial charge on any atom is -0.359 e. The van der Waals surface area contributed by atoms with E-state index in [1.165, 1.54) is 55.6 Å². The number of aromatic nitrogens is 5. The number of benzene rings is 2. The van der Waals surface area contributed by atoms with Crippen LogP contribution in [0.3, 0.4) is 0 Å². The first kappa shape index (κ1) is 25.6. The maximum Gasteiger partial charge on any atom is 0.257 e. The summed E-state index contributed by atoms with van der Waals surface area (Å²) in [6.45, 7) is 3.85. The van der Waals surface area contributed by atoms with Crippen molar-refractivity contribution in [3.8, 4) is 11.3 Å². The topological polar surface area (TPSA) is 103 Å². The van der Waals surface area contributed by atoms with E-state index in [9.17, 15) is 9.18 Å². The van der Waals surface area contributed by atoms with Crippen molar-refractivity contribution in [2.24, 2.45) is 0 Å². The van der Waals surface area contributed by atoms with Gasteiger partial charge in [-0.05, 0) is 65.2 Å². The quantitative estimate of drug-likeness (QED) is 0.345. The molecule has 1 aliphatic heterocycles. The van der Waals surface area contributed by atoms with Gasteiger partial charge in [-0.25, -0.2) is 14.5 Å². The number of carbonyl (C=O) groups excluding carboxylic acids is 1. The van der Waals surface area contributed by atoms with Crippen molar-refractivity contribution in [2.75, 3.05) is 36.4 Å². The summed E-state index contributed by atoms with van der Waals surface area (Å²) >= 11 is 1.48. The molecule has 1 saturated carbocycles. The van der Waals surface area contributed by atoms with Crippen LogP contribution in [0.15, 0.2) is 48.5 Å². The zero-order chi connectivity index (χ0) is 26.6. The van der Waals surface area contributed by atoms with Crippen molar-refractivity contribution in [3.63, 3.8) is 0 Å². The fourth-order valence-corrected chi connectivity index (χ4v) is 6.54. The second-order valence-electron chi connectivity index (χ2n) is 10.2. The molecule has 9 nitrogen and oxygen atoms in total. The lowest BCUT2D eigenvalue weighted by Crippen LogP contribution is -2.50. The molecule has 2 fully saturated rings. The Balaban J connectivity index is 1.18. The van der Waals surface area contributed by atoms with Gasteiger partial charge in [0.1, 0.15) is 16.5 Å².